The second-order valence-corrected chi connectivity index (χ2v) is 7.07. The van der Waals surface area contributed by atoms with E-state index < -0.39 is 54.5 Å². The van der Waals surface area contributed by atoms with Crippen LogP contribution in [0.25, 0.3) is 0 Å². The van der Waals surface area contributed by atoms with Crippen molar-refractivity contribution < 1.29 is 29.4 Å². The molecule has 0 fully saturated rings. The summed E-state index contributed by atoms with van der Waals surface area (Å²) in [5, 5.41) is 25.7. The van der Waals surface area contributed by atoms with E-state index in [1.165, 1.54) is 6.92 Å². The standard InChI is InChI=1S/C18H35N5O6/c1-4-10(2)14(20)17(27)23-13(9-24)16(26)21-11(3)15(25)22-12(18(28)29)7-5-6-8-19/h10-14,24H,4-9,19-20H2,1-3H3,(H,21,26)(H,22,25)(H,23,27)(H,28,29). The number of carbonyl (C=O) groups is 4. The smallest absolute Gasteiger partial charge is 0.326 e. The third kappa shape index (κ3) is 9.68. The van der Waals surface area contributed by atoms with Crippen LogP contribution in [0.4, 0.5) is 0 Å². The van der Waals surface area contributed by atoms with E-state index in [1.807, 2.05) is 6.92 Å². The summed E-state index contributed by atoms with van der Waals surface area (Å²) >= 11 is 0. The van der Waals surface area contributed by atoms with E-state index in [2.05, 4.69) is 16.0 Å². The first-order valence-electron chi connectivity index (χ1n) is 9.79. The summed E-state index contributed by atoms with van der Waals surface area (Å²) in [4.78, 5) is 47.9. The molecular formula is C18H35N5O6. The van der Waals surface area contributed by atoms with Gasteiger partial charge in [0.25, 0.3) is 0 Å². The Balaban J connectivity index is 4.79. The van der Waals surface area contributed by atoms with Gasteiger partial charge < -0.3 is 37.6 Å². The molecule has 0 spiro atoms. The van der Waals surface area contributed by atoms with Crippen LogP contribution in [-0.2, 0) is 19.2 Å². The number of nitrogens with two attached hydrogens (primary N) is 2. The summed E-state index contributed by atoms with van der Waals surface area (Å²) in [6.45, 7) is 4.76. The van der Waals surface area contributed by atoms with Crippen molar-refractivity contribution in [2.24, 2.45) is 17.4 Å². The summed E-state index contributed by atoms with van der Waals surface area (Å²) < 4.78 is 0. The molecule has 0 rings (SSSR count). The minimum Gasteiger partial charge on any atom is -0.480 e. The van der Waals surface area contributed by atoms with Gasteiger partial charge in [-0.05, 0) is 38.6 Å². The van der Waals surface area contributed by atoms with Gasteiger partial charge in [-0.3, -0.25) is 14.4 Å². The van der Waals surface area contributed by atoms with Crippen molar-refractivity contribution in [3.05, 3.63) is 0 Å². The minimum atomic E-state index is -1.28. The lowest BCUT2D eigenvalue weighted by Gasteiger charge is -2.23. The summed E-state index contributed by atoms with van der Waals surface area (Å²) in [6, 6.07) is -4.30. The molecule has 3 amide bonds. The van der Waals surface area contributed by atoms with Crippen LogP contribution in [0.3, 0.4) is 0 Å². The lowest BCUT2D eigenvalue weighted by molar-refractivity contribution is -0.142. The number of amides is 3. The number of aliphatic carboxylic acids is 1. The highest BCUT2D eigenvalue weighted by Gasteiger charge is 2.28. The topological polar surface area (TPSA) is 197 Å². The Morgan fingerprint density at radius 2 is 1.52 bits per heavy atom. The summed E-state index contributed by atoms with van der Waals surface area (Å²) in [6.07, 6.45) is 2.03. The van der Waals surface area contributed by atoms with Crippen molar-refractivity contribution in [2.75, 3.05) is 13.2 Å². The Bertz CT molecular complexity index is 559. The largest absolute Gasteiger partial charge is 0.480 e. The van der Waals surface area contributed by atoms with Crippen LogP contribution < -0.4 is 27.4 Å². The van der Waals surface area contributed by atoms with Crippen LogP contribution in [0, 0.1) is 5.92 Å². The predicted octanol–water partition coefficient (Wildman–Crippen LogP) is -1.96. The average Bonchev–Trinajstić information content (AvgIpc) is 2.69. The molecule has 0 aliphatic carbocycles. The summed E-state index contributed by atoms with van der Waals surface area (Å²) in [7, 11) is 0. The van der Waals surface area contributed by atoms with Gasteiger partial charge in [0.15, 0.2) is 0 Å². The SMILES string of the molecule is CCC(C)C(N)C(=O)NC(CO)C(=O)NC(C)C(=O)NC(CCCCN)C(=O)O. The van der Waals surface area contributed by atoms with Gasteiger partial charge in [-0.2, -0.15) is 0 Å². The maximum absolute atomic E-state index is 12.3. The van der Waals surface area contributed by atoms with Crippen LogP contribution in [0.2, 0.25) is 0 Å². The van der Waals surface area contributed by atoms with Crippen LogP contribution in [0.1, 0.15) is 46.5 Å². The van der Waals surface area contributed by atoms with E-state index in [-0.39, 0.29) is 12.3 Å². The summed E-state index contributed by atoms with van der Waals surface area (Å²) in [5.41, 5.74) is 11.2. The zero-order valence-corrected chi connectivity index (χ0v) is 17.3. The number of nitrogens with one attached hydrogen (secondary N) is 3. The number of rotatable bonds is 14. The van der Waals surface area contributed by atoms with Crippen molar-refractivity contribution in [1.82, 2.24) is 16.0 Å². The molecule has 0 heterocycles. The van der Waals surface area contributed by atoms with Gasteiger partial charge in [-0.25, -0.2) is 4.79 Å². The van der Waals surface area contributed by atoms with E-state index in [0.29, 0.717) is 25.8 Å². The molecule has 0 aromatic heterocycles. The Morgan fingerprint density at radius 1 is 0.931 bits per heavy atom. The fourth-order valence-corrected chi connectivity index (χ4v) is 2.40. The van der Waals surface area contributed by atoms with E-state index in [9.17, 15) is 29.4 Å². The van der Waals surface area contributed by atoms with Gasteiger partial charge in [0.05, 0.1) is 12.6 Å². The fraction of sp³-hybridized carbons (Fsp3) is 0.778. The van der Waals surface area contributed by atoms with Crippen molar-refractivity contribution in [1.29, 1.82) is 0 Å². The van der Waals surface area contributed by atoms with Crippen LogP contribution in [0.5, 0.6) is 0 Å². The molecule has 0 saturated heterocycles. The number of carbonyl (C=O) groups excluding carboxylic acids is 3. The molecule has 0 aromatic carbocycles. The van der Waals surface area contributed by atoms with Crippen LogP contribution >= 0.6 is 0 Å². The fourth-order valence-electron chi connectivity index (χ4n) is 2.40. The Hall–Kier alpha value is -2.24. The average molecular weight is 418 g/mol. The predicted molar refractivity (Wildman–Crippen MR) is 107 cm³/mol. The van der Waals surface area contributed by atoms with Gasteiger partial charge in [0.2, 0.25) is 17.7 Å². The molecule has 11 heteroatoms. The molecule has 0 aromatic rings. The maximum atomic E-state index is 12.3. The highest BCUT2D eigenvalue weighted by atomic mass is 16.4. The highest BCUT2D eigenvalue weighted by Crippen LogP contribution is 2.05. The van der Waals surface area contributed by atoms with Gasteiger partial charge in [-0.1, -0.05) is 20.3 Å². The Morgan fingerprint density at radius 3 is 2.00 bits per heavy atom. The molecule has 5 unspecified atom stereocenters. The number of hydrogen-bond acceptors (Lipinski definition) is 7. The first-order valence-corrected chi connectivity index (χ1v) is 9.79. The molecule has 168 valence electrons. The molecular weight excluding hydrogens is 382 g/mol. The zero-order valence-electron chi connectivity index (χ0n) is 17.3. The van der Waals surface area contributed by atoms with E-state index in [4.69, 9.17) is 11.5 Å². The Kier molecular flexibility index (Phi) is 12.8. The van der Waals surface area contributed by atoms with Gasteiger partial charge >= 0.3 is 5.97 Å². The van der Waals surface area contributed by atoms with Crippen molar-refractivity contribution in [3.8, 4) is 0 Å². The summed E-state index contributed by atoms with van der Waals surface area (Å²) in [5.74, 6) is -3.37. The lowest BCUT2D eigenvalue weighted by atomic mass is 9.99. The number of carboxylic acid groups (broad SMARTS) is 1. The molecule has 0 radical (unpaired) electrons. The monoisotopic (exact) mass is 417 g/mol. The number of aliphatic hydroxyl groups is 1. The Labute approximate surface area is 171 Å². The normalized spacial score (nSPS) is 16.1. The second-order valence-electron chi connectivity index (χ2n) is 7.07. The number of unbranched alkanes of at least 4 members (excludes halogenated alkanes) is 1. The lowest BCUT2D eigenvalue weighted by Crippen LogP contribution is -2.58. The third-order valence-corrected chi connectivity index (χ3v) is 4.69. The van der Waals surface area contributed by atoms with Crippen LogP contribution in [-0.4, -0.2) is 71.2 Å². The van der Waals surface area contributed by atoms with Gasteiger partial charge in [-0.15, -0.1) is 0 Å². The number of aliphatic hydroxyl groups excluding tert-OH is 1. The highest BCUT2D eigenvalue weighted by molar-refractivity contribution is 5.94. The molecule has 0 bridgehead atoms. The number of carboxylic acids is 1. The van der Waals surface area contributed by atoms with Crippen LogP contribution in [0.15, 0.2) is 0 Å². The van der Waals surface area contributed by atoms with Gasteiger partial charge in [0.1, 0.15) is 18.1 Å². The van der Waals surface area contributed by atoms with E-state index >= 15 is 0 Å². The molecule has 11 nitrogen and oxygen atoms in total. The maximum Gasteiger partial charge on any atom is 0.326 e. The molecule has 9 N–H and O–H groups in total. The first kappa shape index (κ1) is 26.8. The molecule has 0 saturated carbocycles. The van der Waals surface area contributed by atoms with Crippen molar-refractivity contribution >= 4 is 23.7 Å². The number of hydrogen-bond donors (Lipinski definition) is 7. The van der Waals surface area contributed by atoms with Gasteiger partial charge in [0, 0.05) is 0 Å². The molecule has 5 atom stereocenters. The van der Waals surface area contributed by atoms with E-state index in [1.54, 1.807) is 6.92 Å². The molecule has 0 aliphatic heterocycles. The van der Waals surface area contributed by atoms with Crippen molar-refractivity contribution in [2.45, 2.75) is 70.6 Å². The third-order valence-electron chi connectivity index (χ3n) is 4.69. The van der Waals surface area contributed by atoms with Crippen molar-refractivity contribution in [3.63, 3.8) is 0 Å². The molecule has 0 aliphatic rings. The second kappa shape index (κ2) is 13.9. The van der Waals surface area contributed by atoms with E-state index in [0.717, 1.165) is 0 Å². The molecule has 29 heavy (non-hydrogen) atoms. The minimum absolute atomic E-state index is 0.116. The quantitative estimate of drug-likeness (QED) is 0.158. The zero-order chi connectivity index (χ0) is 22.6. The first-order chi connectivity index (χ1) is 13.6.